The normalized spacial score (nSPS) is 21.3. The van der Waals surface area contributed by atoms with Gasteiger partial charge >= 0.3 is 0 Å². The number of fused-ring (bicyclic) bond motifs is 1. The molecule has 0 aliphatic carbocycles. The van der Waals surface area contributed by atoms with Crippen LogP contribution in [0.2, 0.25) is 0 Å². The lowest BCUT2D eigenvalue weighted by molar-refractivity contribution is 0.129. The van der Waals surface area contributed by atoms with Gasteiger partial charge in [-0.2, -0.15) is 0 Å². The Morgan fingerprint density at radius 3 is 2.54 bits per heavy atom. The van der Waals surface area contributed by atoms with Crippen LogP contribution in [0.5, 0.6) is 0 Å². The molecule has 0 bridgehead atoms. The Balaban J connectivity index is 1.60. The van der Waals surface area contributed by atoms with E-state index >= 15 is 0 Å². The van der Waals surface area contributed by atoms with Crippen molar-refractivity contribution in [3.63, 3.8) is 0 Å². The molecule has 4 rings (SSSR count). The van der Waals surface area contributed by atoms with Crippen molar-refractivity contribution in [1.29, 1.82) is 0 Å². The van der Waals surface area contributed by atoms with E-state index < -0.39 is 22.2 Å². The number of sulfonamides is 1. The van der Waals surface area contributed by atoms with Crippen LogP contribution in [-0.4, -0.2) is 19.6 Å². The first-order chi connectivity index (χ1) is 12.4. The van der Waals surface area contributed by atoms with Crippen molar-refractivity contribution in [1.82, 2.24) is 4.72 Å². The molecule has 0 radical (unpaired) electrons. The largest absolute Gasteiger partial charge is 0.461 e. The van der Waals surface area contributed by atoms with Gasteiger partial charge in [-0.1, -0.05) is 18.2 Å². The van der Waals surface area contributed by atoms with E-state index in [0.29, 0.717) is 22.6 Å². The van der Waals surface area contributed by atoms with Crippen molar-refractivity contribution in [3.05, 3.63) is 77.8 Å². The zero-order valence-electron chi connectivity index (χ0n) is 13.6. The lowest BCUT2D eigenvalue weighted by atomic mass is 9.99. The highest BCUT2D eigenvalue weighted by Gasteiger charge is 2.36. The number of rotatable bonds is 3. The molecule has 2 heterocycles. The maximum Gasteiger partial charge on any atom is 0.241 e. The molecule has 0 saturated carbocycles. The number of hydrogen-bond acceptors (Lipinski definition) is 4. The fraction of sp³-hybridized carbons (Fsp3) is 0.158. The SMILES string of the molecule is O=S1(=O)N[C@H](Cc2ccc(-c3ccc(F)cc3)o2)[C@H](O)c2ccccc21. The molecule has 2 N–H and O–H groups in total. The summed E-state index contributed by atoms with van der Waals surface area (Å²) in [6.45, 7) is 0. The summed E-state index contributed by atoms with van der Waals surface area (Å²) in [5.41, 5.74) is 1.09. The number of aliphatic hydroxyl groups excluding tert-OH is 1. The minimum absolute atomic E-state index is 0.0928. The zero-order chi connectivity index (χ0) is 18.3. The molecule has 1 aromatic heterocycles. The highest BCUT2D eigenvalue weighted by atomic mass is 32.2. The minimum atomic E-state index is -3.69. The second-order valence-corrected chi connectivity index (χ2v) is 7.87. The van der Waals surface area contributed by atoms with Gasteiger partial charge in [-0.15, -0.1) is 0 Å². The average Bonchev–Trinajstić information content (AvgIpc) is 3.08. The Morgan fingerprint density at radius 1 is 1.04 bits per heavy atom. The number of hydrogen-bond donors (Lipinski definition) is 2. The van der Waals surface area contributed by atoms with Gasteiger partial charge < -0.3 is 9.52 Å². The molecule has 2 aromatic carbocycles. The second kappa shape index (κ2) is 6.35. The van der Waals surface area contributed by atoms with Crippen LogP contribution in [0, 0.1) is 5.82 Å². The predicted octanol–water partition coefficient (Wildman–Crippen LogP) is 3.02. The summed E-state index contributed by atoms with van der Waals surface area (Å²) in [6.07, 6.45) is -0.787. The Hall–Kier alpha value is -2.48. The van der Waals surface area contributed by atoms with E-state index in [9.17, 15) is 17.9 Å². The molecule has 2 atom stereocenters. The Labute approximate surface area is 150 Å². The summed E-state index contributed by atoms with van der Waals surface area (Å²) in [6, 6.07) is 15.0. The standard InChI is InChI=1S/C19H16FNO4S/c20-13-7-5-12(6-8-13)17-10-9-14(25-17)11-16-19(22)15-3-1-2-4-18(15)26(23,24)21-16/h1-10,16,19,21-22H,11H2/t16-,19-/m1/s1. The molecular formula is C19H16FNO4S. The monoisotopic (exact) mass is 373 g/mol. The molecule has 0 amide bonds. The number of furan rings is 1. The Morgan fingerprint density at radius 2 is 1.77 bits per heavy atom. The first-order valence-corrected chi connectivity index (χ1v) is 9.56. The van der Waals surface area contributed by atoms with Crippen LogP contribution in [0.25, 0.3) is 11.3 Å². The van der Waals surface area contributed by atoms with E-state index in [1.165, 1.54) is 18.2 Å². The van der Waals surface area contributed by atoms with Crippen molar-refractivity contribution in [3.8, 4) is 11.3 Å². The van der Waals surface area contributed by atoms with Gasteiger partial charge in [-0.05, 0) is 42.5 Å². The molecule has 0 spiro atoms. The number of nitrogens with one attached hydrogen (secondary N) is 1. The molecule has 1 aliphatic heterocycles. The van der Waals surface area contributed by atoms with Crippen LogP contribution < -0.4 is 4.72 Å². The second-order valence-electron chi connectivity index (χ2n) is 6.19. The van der Waals surface area contributed by atoms with Gasteiger partial charge in [0.2, 0.25) is 10.0 Å². The fourth-order valence-corrected chi connectivity index (χ4v) is 4.64. The molecule has 3 aromatic rings. The van der Waals surface area contributed by atoms with Crippen molar-refractivity contribution < 1.29 is 22.3 Å². The first-order valence-electron chi connectivity index (χ1n) is 8.08. The molecule has 0 saturated heterocycles. The summed E-state index contributed by atoms with van der Waals surface area (Å²) >= 11 is 0. The summed E-state index contributed by atoms with van der Waals surface area (Å²) in [5.74, 6) is 0.739. The number of benzene rings is 2. The maximum atomic E-state index is 13.0. The predicted molar refractivity (Wildman–Crippen MR) is 93.3 cm³/mol. The van der Waals surface area contributed by atoms with Gasteiger partial charge in [-0.25, -0.2) is 17.5 Å². The van der Waals surface area contributed by atoms with Gasteiger partial charge in [0.25, 0.3) is 0 Å². The van der Waals surface area contributed by atoms with E-state index in [1.807, 2.05) is 0 Å². The third kappa shape index (κ3) is 3.05. The summed E-state index contributed by atoms with van der Waals surface area (Å²) in [4.78, 5) is 0.0928. The van der Waals surface area contributed by atoms with E-state index in [1.54, 1.807) is 42.5 Å². The molecular weight excluding hydrogens is 357 g/mol. The third-order valence-corrected chi connectivity index (χ3v) is 5.99. The van der Waals surface area contributed by atoms with E-state index in [-0.39, 0.29) is 17.1 Å². The van der Waals surface area contributed by atoms with Crippen LogP contribution in [0.3, 0.4) is 0 Å². The summed E-state index contributed by atoms with van der Waals surface area (Å²) in [7, 11) is -3.69. The van der Waals surface area contributed by atoms with E-state index in [4.69, 9.17) is 4.42 Å². The van der Waals surface area contributed by atoms with Gasteiger partial charge in [0.15, 0.2) is 0 Å². The average molecular weight is 373 g/mol. The van der Waals surface area contributed by atoms with Crippen molar-refractivity contribution in [2.45, 2.75) is 23.5 Å². The zero-order valence-corrected chi connectivity index (χ0v) is 14.4. The molecule has 1 aliphatic rings. The van der Waals surface area contributed by atoms with Crippen LogP contribution in [0.4, 0.5) is 4.39 Å². The van der Waals surface area contributed by atoms with Gasteiger partial charge in [0.1, 0.15) is 17.3 Å². The number of halogens is 1. The molecule has 5 nitrogen and oxygen atoms in total. The van der Waals surface area contributed by atoms with E-state index in [0.717, 1.165) is 0 Å². The first kappa shape index (κ1) is 17.0. The maximum absolute atomic E-state index is 13.0. The van der Waals surface area contributed by atoms with Gasteiger partial charge in [0, 0.05) is 17.5 Å². The van der Waals surface area contributed by atoms with Crippen LogP contribution in [0.1, 0.15) is 17.4 Å². The molecule has 0 unspecified atom stereocenters. The quantitative estimate of drug-likeness (QED) is 0.740. The Kier molecular flexibility index (Phi) is 4.14. The lowest BCUT2D eigenvalue weighted by Gasteiger charge is -2.30. The molecule has 0 fully saturated rings. The fourth-order valence-electron chi connectivity index (χ4n) is 3.14. The van der Waals surface area contributed by atoms with Crippen molar-refractivity contribution >= 4 is 10.0 Å². The van der Waals surface area contributed by atoms with Gasteiger partial charge in [0.05, 0.1) is 17.0 Å². The summed E-state index contributed by atoms with van der Waals surface area (Å²) in [5, 5.41) is 10.6. The minimum Gasteiger partial charge on any atom is -0.461 e. The highest BCUT2D eigenvalue weighted by Crippen LogP contribution is 2.32. The van der Waals surface area contributed by atoms with Gasteiger partial charge in [-0.3, -0.25) is 0 Å². The van der Waals surface area contributed by atoms with Crippen LogP contribution in [0.15, 0.2) is 70.0 Å². The molecule has 134 valence electrons. The van der Waals surface area contributed by atoms with Crippen LogP contribution in [-0.2, 0) is 16.4 Å². The topological polar surface area (TPSA) is 79.5 Å². The van der Waals surface area contributed by atoms with E-state index in [2.05, 4.69) is 4.72 Å². The Bertz CT molecular complexity index is 1040. The highest BCUT2D eigenvalue weighted by molar-refractivity contribution is 7.89. The molecule has 26 heavy (non-hydrogen) atoms. The van der Waals surface area contributed by atoms with Crippen LogP contribution >= 0.6 is 0 Å². The summed E-state index contributed by atoms with van der Waals surface area (Å²) < 4.78 is 46.1. The van der Waals surface area contributed by atoms with Crippen molar-refractivity contribution in [2.75, 3.05) is 0 Å². The lowest BCUT2D eigenvalue weighted by Crippen LogP contribution is -2.45. The smallest absolute Gasteiger partial charge is 0.241 e. The third-order valence-electron chi connectivity index (χ3n) is 4.43. The van der Waals surface area contributed by atoms with Crippen molar-refractivity contribution in [2.24, 2.45) is 0 Å². The molecule has 7 heteroatoms. The number of aliphatic hydroxyl groups is 1.